The molecule has 8 nitrogen and oxygen atoms in total. The number of hydrogen-bond donors (Lipinski definition) is 0. The number of hydrogen-bond acceptors (Lipinski definition) is 6. The van der Waals surface area contributed by atoms with Crippen LogP contribution >= 0.6 is 11.3 Å². The van der Waals surface area contributed by atoms with Gasteiger partial charge in [-0.2, -0.15) is 4.99 Å². The van der Waals surface area contributed by atoms with Crippen molar-refractivity contribution in [2.24, 2.45) is 4.99 Å². The molecule has 1 aliphatic rings. The minimum Gasteiger partial charge on any atom is -0.468 e. The Morgan fingerprint density at radius 1 is 1.13 bits per heavy atom. The quantitative estimate of drug-likeness (QED) is 0.458. The van der Waals surface area contributed by atoms with Gasteiger partial charge < -0.3 is 9.30 Å². The molecule has 1 fully saturated rings. The molecule has 0 unspecified atom stereocenters. The summed E-state index contributed by atoms with van der Waals surface area (Å²) in [5.74, 6) is -2.29. The molecule has 0 bridgehead atoms. The number of aromatic nitrogens is 1. The van der Waals surface area contributed by atoms with Crippen LogP contribution in [0.1, 0.15) is 23.2 Å². The van der Waals surface area contributed by atoms with E-state index in [1.54, 1.807) is 12.1 Å². The molecule has 0 aliphatic carbocycles. The third-order valence-electron chi connectivity index (χ3n) is 4.76. The van der Waals surface area contributed by atoms with E-state index < -0.39 is 17.7 Å². The second kappa shape index (κ2) is 8.23. The lowest BCUT2D eigenvalue weighted by atomic mass is 10.2. The lowest BCUT2D eigenvalue weighted by molar-refractivity contribution is -0.141. The van der Waals surface area contributed by atoms with Crippen molar-refractivity contribution in [2.45, 2.75) is 19.4 Å². The summed E-state index contributed by atoms with van der Waals surface area (Å²) in [6.45, 7) is -0.203. The Morgan fingerprint density at radius 3 is 2.58 bits per heavy atom. The highest BCUT2D eigenvalue weighted by molar-refractivity contribution is 7.16. The van der Waals surface area contributed by atoms with Gasteiger partial charge in [0.2, 0.25) is 11.8 Å². The van der Waals surface area contributed by atoms with Crippen LogP contribution in [0.15, 0.2) is 47.5 Å². The van der Waals surface area contributed by atoms with Gasteiger partial charge in [-0.3, -0.25) is 24.1 Å². The number of amides is 3. The molecule has 31 heavy (non-hydrogen) atoms. The number of ether oxygens (including phenoxy) is 1. The average molecular weight is 441 g/mol. The van der Waals surface area contributed by atoms with Crippen molar-refractivity contribution in [3.8, 4) is 0 Å². The second-order valence-corrected chi connectivity index (χ2v) is 7.76. The number of thiazole rings is 1. The van der Waals surface area contributed by atoms with Gasteiger partial charge in [0.15, 0.2) is 4.80 Å². The average Bonchev–Trinajstić information content (AvgIpc) is 3.26. The van der Waals surface area contributed by atoms with Crippen molar-refractivity contribution < 1.29 is 28.3 Å². The summed E-state index contributed by atoms with van der Waals surface area (Å²) in [5.41, 5.74) is 0.998. The van der Waals surface area contributed by atoms with Crippen molar-refractivity contribution in [2.75, 3.05) is 12.0 Å². The first-order valence-corrected chi connectivity index (χ1v) is 10.1. The first kappa shape index (κ1) is 20.6. The summed E-state index contributed by atoms with van der Waals surface area (Å²) in [7, 11) is 1.24. The van der Waals surface area contributed by atoms with E-state index in [0.717, 1.165) is 16.2 Å². The van der Waals surface area contributed by atoms with Crippen molar-refractivity contribution >= 4 is 50.9 Å². The molecule has 3 amide bonds. The summed E-state index contributed by atoms with van der Waals surface area (Å²) in [6.07, 6.45) is 0.264. The number of anilines is 1. The molecular formula is C21H16FN3O5S. The molecule has 10 heteroatoms. The molecular weight excluding hydrogens is 425 g/mol. The second-order valence-electron chi connectivity index (χ2n) is 6.75. The zero-order valence-electron chi connectivity index (χ0n) is 16.3. The lowest BCUT2D eigenvalue weighted by Gasteiger charge is -2.14. The SMILES string of the molecule is COC(=O)Cn1c(=NC(=O)c2cccc(N3C(=O)CCC3=O)c2)sc2cc(F)ccc21. The third kappa shape index (κ3) is 4.02. The number of carbonyl (C=O) groups excluding carboxylic acids is 4. The predicted octanol–water partition coefficient (Wildman–Crippen LogP) is 2.41. The number of rotatable bonds is 4. The Kier molecular flexibility index (Phi) is 5.47. The van der Waals surface area contributed by atoms with Gasteiger partial charge >= 0.3 is 5.97 Å². The van der Waals surface area contributed by atoms with Gasteiger partial charge in [0.25, 0.3) is 5.91 Å². The fraction of sp³-hybridized carbons (Fsp3) is 0.190. The van der Waals surface area contributed by atoms with Gasteiger partial charge in [0, 0.05) is 18.4 Å². The molecule has 4 rings (SSSR count). The molecule has 2 aromatic carbocycles. The number of carbonyl (C=O) groups is 4. The van der Waals surface area contributed by atoms with E-state index in [4.69, 9.17) is 4.74 Å². The maximum atomic E-state index is 13.6. The molecule has 1 saturated heterocycles. The first-order valence-electron chi connectivity index (χ1n) is 9.28. The van der Waals surface area contributed by atoms with E-state index in [2.05, 4.69) is 4.99 Å². The smallest absolute Gasteiger partial charge is 0.325 e. The van der Waals surface area contributed by atoms with E-state index in [1.165, 1.54) is 42.0 Å². The molecule has 0 spiro atoms. The highest BCUT2D eigenvalue weighted by Crippen LogP contribution is 2.24. The third-order valence-corrected chi connectivity index (χ3v) is 5.80. The minimum absolute atomic E-state index is 0.132. The number of esters is 1. The van der Waals surface area contributed by atoms with Crippen LogP contribution in [0, 0.1) is 5.82 Å². The molecule has 1 aliphatic heterocycles. The van der Waals surface area contributed by atoms with Gasteiger partial charge in [0.05, 0.1) is 23.0 Å². The molecule has 0 atom stereocenters. The number of fused-ring (bicyclic) bond motifs is 1. The summed E-state index contributed by atoms with van der Waals surface area (Å²) >= 11 is 1.05. The first-order chi connectivity index (χ1) is 14.9. The number of halogens is 1. The van der Waals surface area contributed by atoms with Crippen LogP contribution in [-0.4, -0.2) is 35.4 Å². The standard InChI is InChI=1S/C21H16FN3O5S/c1-30-19(28)11-24-15-6-5-13(22)10-16(15)31-21(24)23-20(29)12-3-2-4-14(9-12)25-17(26)7-8-18(25)27/h2-6,9-10H,7-8,11H2,1H3. The molecule has 1 aromatic heterocycles. The fourth-order valence-corrected chi connectivity index (χ4v) is 4.33. The highest BCUT2D eigenvalue weighted by Gasteiger charge is 2.30. The molecule has 2 heterocycles. The van der Waals surface area contributed by atoms with E-state index in [9.17, 15) is 23.6 Å². The van der Waals surface area contributed by atoms with Gasteiger partial charge in [-0.25, -0.2) is 4.39 Å². The molecule has 0 radical (unpaired) electrons. The number of benzene rings is 2. The van der Waals surface area contributed by atoms with E-state index >= 15 is 0 Å². The van der Waals surface area contributed by atoms with Gasteiger partial charge in [-0.15, -0.1) is 0 Å². The number of nitrogens with zero attached hydrogens (tertiary/aromatic N) is 3. The summed E-state index contributed by atoms with van der Waals surface area (Å²) in [6, 6.07) is 10.1. The van der Waals surface area contributed by atoms with Crippen molar-refractivity contribution in [1.29, 1.82) is 0 Å². The van der Waals surface area contributed by atoms with Crippen LogP contribution in [0.25, 0.3) is 10.2 Å². The molecule has 158 valence electrons. The predicted molar refractivity (Wildman–Crippen MR) is 110 cm³/mol. The topological polar surface area (TPSA) is 98.0 Å². The largest absolute Gasteiger partial charge is 0.468 e. The van der Waals surface area contributed by atoms with Crippen LogP contribution in [0.2, 0.25) is 0 Å². The Hall–Kier alpha value is -3.66. The Balaban J connectivity index is 1.76. The van der Waals surface area contributed by atoms with Crippen LogP contribution < -0.4 is 9.70 Å². The van der Waals surface area contributed by atoms with Gasteiger partial charge in [-0.05, 0) is 36.4 Å². The van der Waals surface area contributed by atoms with Crippen molar-refractivity contribution in [3.63, 3.8) is 0 Å². The van der Waals surface area contributed by atoms with E-state index in [-0.39, 0.29) is 41.6 Å². The van der Waals surface area contributed by atoms with Gasteiger partial charge in [0.1, 0.15) is 12.4 Å². The number of imide groups is 1. The van der Waals surface area contributed by atoms with Crippen LogP contribution in [0.4, 0.5) is 10.1 Å². The lowest BCUT2D eigenvalue weighted by Crippen LogP contribution is -2.28. The summed E-state index contributed by atoms with van der Waals surface area (Å²) in [5, 5.41) is 0. The number of methoxy groups -OCH3 is 1. The van der Waals surface area contributed by atoms with Crippen LogP contribution in [0.5, 0.6) is 0 Å². The van der Waals surface area contributed by atoms with Gasteiger partial charge in [-0.1, -0.05) is 17.4 Å². The monoisotopic (exact) mass is 441 g/mol. The van der Waals surface area contributed by atoms with Crippen molar-refractivity contribution in [3.05, 3.63) is 58.6 Å². The van der Waals surface area contributed by atoms with Crippen LogP contribution in [-0.2, 0) is 25.7 Å². The summed E-state index contributed by atoms with van der Waals surface area (Å²) in [4.78, 5) is 54.0. The highest BCUT2D eigenvalue weighted by atomic mass is 32.1. The zero-order chi connectivity index (χ0) is 22.1. The van der Waals surface area contributed by atoms with Crippen LogP contribution in [0.3, 0.4) is 0 Å². The molecule has 3 aromatic rings. The Bertz CT molecular complexity index is 1290. The zero-order valence-corrected chi connectivity index (χ0v) is 17.1. The maximum Gasteiger partial charge on any atom is 0.325 e. The van der Waals surface area contributed by atoms with E-state index in [0.29, 0.717) is 15.9 Å². The Labute approximate surface area is 179 Å². The minimum atomic E-state index is -0.633. The van der Waals surface area contributed by atoms with Crippen molar-refractivity contribution in [1.82, 2.24) is 4.57 Å². The summed E-state index contributed by atoms with van der Waals surface area (Å²) < 4.78 is 20.3. The molecule has 0 saturated carbocycles. The normalized spacial score (nSPS) is 14.5. The fourth-order valence-electron chi connectivity index (χ4n) is 3.27. The Morgan fingerprint density at radius 2 is 1.87 bits per heavy atom. The van der Waals surface area contributed by atoms with E-state index in [1.807, 2.05) is 0 Å². The molecule has 0 N–H and O–H groups in total. The maximum absolute atomic E-state index is 13.6.